The third kappa shape index (κ3) is 2.75. The van der Waals surface area contributed by atoms with Crippen LogP contribution in [0.1, 0.15) is 31.5 Å². The van der Waals surface area contributed by atoms with Crippen molar-refractivity contribution in [3.8, 4) is 0 Å². The van der Waals surface area contributed by atoms with Gasteiger partial charge in [0.25, 0.3) is 0 Å². The second-order valence-electron chi connectivity index (χ2n) is 5.20. The van der Waals surface area contributed by atoms with Crippen LogP contribution in [0.2, 0.25) is 0 Å². The molecule has 1 saturated carbocycles. The molecule has 1 amide bonds. The molecule has 0 bridgehead atoms. The number of rotatable bonds is 5. The number of carbonyl (C=O) groups is 1. The van der Waals surface area contributed by atoms with Crippen LogP contribution in [0, 0.1) is 18.3 Å². The van der Waals surface area contributed by atoms with Gasteiger partial charge in [0.2, 0.25) is 11.8 Å². The Balaban J connectivity index is 1.85. The summed E-state index contributed by atoms with van der Waals surface area (Å²) in [4.78, 5) is 16.5. The summed E-state index contributed by atoms with van der Waals surface area (Å²) < 4.78 is 4.86. The lowest BCUT2D eigenvalue weighted by atomic mass is 9.62. The largest absolute Gasteiger partial charge is 0.392 e. The molecule has 0 aromatic carbocycles. The standard InChI is InChI=1S/C12H18N4O2S/c1-7-5-12(6-7,10(13)19)11(17)14-4-3-9-15-8(2)18-16-9/h7H,3-6H2,1-2H3,(H2,13,19)(H,14,17). The average molecular weight is 282 g/mol. The van der Waals surface area contributed by atoms with E-state index in [1.807, 2.05) is 0 Å². The van der Waals surface area contributed by atoms with E-state index < -0.39 is 5.41 Å². The molecule has 1 heterocycles. The fraction of sp³-hybridized carbons (Fsp3) is 0.667. The highest BCUT2D eigenvalue weighted by molar-refractivity contribution is 7.80. The van der Waals surface area contributed by atoms with E-state index in [4.69, 9.17) is 22.5 Å². The summed E-state index contributed by atoms with van der Waals surface area (Å²) >= 11 is 5.03. The minimum absolute atomic E-state index is 0.0849. The zero-order valence-electron chi connectivity index (χ0n) is 11.1. The van der Waals surface area contributed by atoms with Gasteiger partial charge < -0.3 is 15.6 Å². The molecular weight excluding hydrogens is 264 g/mol. The molecule has 2 rings (SSSR count). The maximum Gasteiger partial charge on any atom is 0.233 e. The first-order chi connectivity index (χ1) is 8.94. The quantitative estimate of drug-likeness (QED) is 0.774. The van der Waals surface area contributed by atoms with Crippen LogP contribution in [-0.4, -0.2) is 27.6 Å². The van der Waals surface area contributed by atoms with E-state index in [1.165, 1.54) is 0 Å². The summed E-state index contributed by atoms with van der Waals surface area (Å²) in [6.07, 6.45) is 2.00. The molecule has 7 heteroatoms. The Morgan fingerprint density at radius 3 is 2.79 bits per heavy atom. The van der Waals surface area contributed by atoms with Gasteiger partial charge in [0.15, 0.2) is 5.82 Å². The Hall–Kier alpha value is -1.50. The summed E-state index contributed by atoms with van der Waals surface area (Å²) in [5, 5.41) is 6.63. The molecule has 6 nitrogen and oxygen atoms in total. The third-order valence-corrected chi connectivity index (χ3v) is 3.89. The van der Waals surface area contributed by atoms with Crippen molar-refractivity contribution in [3.05, 3.63) is 11.7 Å². The van der Waals surface area contributed by atoms with E-state index in [-0.39, 0.29) is 5.91 Å². The van der Waals surface area contributed by atoms with E-state index in [0.29, 0.717) is 35.6 Å². The van der Waals surface area contributed by atoms with Crippen molar-refractivity contribution < 1.29 is 9.32 Å². The zero-order chi connectivity index (χ0) is 14.0. The molecule has 1 aliphatic carbocycles. The predicted octanol–water partition coefficient (Wildman–Crippen LogP) is 0.739. The number of aromatic nitrogens is 2. The fourth-order valence-electron chi connectivity index (χ4n) is 2.53. The molecule has 3 N–H and O–H groups in total. The van der Waals surface area contributed by atoms with Gasteiger partial charge in [-0.3, -0.25) is 4.79 Å². The number of hydrogen-bond acceptors (Lipinski definition) is 5. The summed E-state index contributed by atoms with van der Waals surface area (Å²) in [7, 11) is 0. The number of thiocarbonyl (C=S) groups is 1. The van der Waals surface area contributed by atoms with Crippen LogP contribution in [0.3, 0.4) is 0 Å². The number of nitrogens with two attached hydrogens (primary N) is 1. The van der Waals surface area contributed by atoms with Gasteiger partial charge in [0, 0.05) is 19.9 Å². The van der Waals surface area contributed by atoms with Crippen molar-refractivity contribution in [2.75, 3.05) is 6.54 Å². The molecule has 104 valence electrons. The number of nitrogens with zero attached hydrogens (tertiary/aromatic N) is 2. The van der Waals surface area contributed by atoms with E-state index >= 15 is 0 Å². The van der Waals surface area contributed by atoms with Crippen LogP contribution >= 0.6 is 12.2 Å². The topological polar surface area (TPSA) is 94.0 Å². The zero-order valence-corrected chi connectivity index (χ0v) is 11.9. The van der Waals surface area contributed by atoms with Crippen LogP contribution in [0.5, 0.6) is 0 Å². The normalized spacial score (nSPS) is 25.7. The van der Waals surface area contributed by atoms with Gasteiger partial charge in [0.05, 0.1) is 10.4 Å². The van der Waals surface area contributed by atoms with Crippen LogP contribution < -0.4 is 11.1 Å². The van der Waals surface area contributed by atoms with Crippen LogP contribution in [-0.2, 0) is 11.2 Å². The lowest BCUT2D eigenvalue weighted by Crippen LogP contribution is -2.56. The van der Waals surface area contributed by atoms with Crippen molar-refractivity contribution in [2.24, 2.45) is 17.1 Å². The minimum atomic E-state index is -0.651. The van der Waals surface area contributed by atoms with Crippen molar-refractivity contribution >= 4 is 23.1 Å². The fourth-order valence-corrected chi connectivity index (χ4v) is 2.79. The molecule has 0 atom stereocenters. The highest BCUT2D eigenvalue weighted by atomic mass is 32.1. The molecule has 0 radical (unpaired) electrons. The highest BCUT2D eigenvalue weighted by Gasteiger charge is 2.50. The SMILES string of the molecule is Cc1nc(CCNC(=O)C2(C(N)=S)CC(C)C2)no1. The molecular formula is C12H18N4O2S. The molecule has 0 aliphatic heterocycles. The molecule has 0 saturated heterocycles. The summed E-state index contributed by atoms with van der Waals surface area (Å²) in [5.74, 6) is 1.52. The lowest BCUT2D eigenvalue weighted by Gasteiger charge is -2.44. The maximum atomic E-state index is 12.2. The van der Waals surface area contributed by atoms with Gasteiger partial charge >= 0.3 is 0 Å². The van der Waals surface area contributed by atoms with Gasteiger partial charge in [-0.25, -0.2) is 0 Å². The van der Waals surface area contributed by atoms with Crippen molar-refractivity contribution in [3.63, 3.8) is 0 Å². The molecule has 1 aliphatic rings. The van der Waals surface area contributed by atoms with Crippen LogP contribution in [0.15, 0.2) is 4.52 Å². The molecule has 1 aromatic rings. The van der Waals surface area contributed by atoms with Crippen molar-refractivity contribution in [1.82, 2.24) is 15.5 Å². The van der Waals surface area contributed by atoms with Crippen LogP contribution in [0.4, 0.5) is 0 Å². The molecule has 0 unspecified atom stereocenters. The number of hydrogen-bond donors (Lipinski definition) is 2. The summed E-state index contributed by atoms with van der Waals surface area (Å²) in [5.41, 5.74) is 5.06. The lowest BCUT2D eigenvalue weighted by molar-refractivity contribution is -0.132. The second-order valence-corrected chi connectivity index (χ2v) is 5.64. The number of amides is 1. The number of aryl methyl sites for hydroxylation is 1. The maximum absolute atomic E-state index is 12.2. The first-order valence-electron chi connectivity index (χ1n) is 6.31. The number of nitrogens with one attached hydrogen (secondary N) is 1. The summed E-state index contributed by atoms with van der Waals surface area (Å²) in [6.45, 7) is 4.27. The second kappa shape index (κ2) is 5.24. The Morgan fingerprint density at radius 1 is 1.63 bits per heavy atom. The first-order valence-corrected chi connectivity index (χ1v) is 6.72. The molecule has 0 spiro atoms. The monoisotopic (exact) mass is 282 g/mol. The smallest absolute Gasteiger partial charge is 0.233 e. The van der Waals surface area contributed by atoms with Crippen molar-refractivity contribution in [1.29, 1.82) is 0 Å². The van der Waals surface area contributed by atoms with Gasteiger partial charge in [-0.15, -0.1) is 0 Å². The predicted molar refractivity (Wildman–Crippen MR) is 73.4 cm³/mol. The van der Waals surface area contributed by atoms with E-state index in [0.717, 1.165) is 12.8 Å². The van der Waals surface area contributed by atoms with Crippen molar-refractivity contribution in [2.45, 2.75) is 33.1 Å². The Labute approximate surface area is 117 Å². The van der Waals surface area contributed by atoms with Gasteiger partial charge in [-0.2, -0.15) is 4.98 Å². The summed E-state index contributed by atoms with van der Waals surface area (Å²) in [6, 6.07) is 0. The third-order valence-electron chi connectivity index (χ3n) is 3.50. The van der Waals surface area contributed by atoms with Gasteiger partial charge in [-0.05, 0) is 18.8 Å². The Bertz CT molecular complexity index is 494. The Morgan fingerprint density at radius 2 is 2.32 bits per heavy atom. The van der Waals surface area contributed by atoms with Gasteiger partial charge in [-0.1, -0.05) is 24.3 Å². The van der Waals surface area contributed by atoms with E-state index in [1.54, 1.807) is 6.92 Å². The molecule has 1 aromatic heterocycles. The minimum Gasteiger partial charge on any atom is -0.392 e. The van der Waals surface area contributed by atoms with E-state index in [9.17, 15) is 4.79 Å². The molecule has 19 heavy (non-hydrogen) atoms. The van der Waals surface area contributed by atoms with Crippen LogP contribution in [0.25, 0.3) is 0 Å². The van der Waals surface area contributed by atoms with Gasteiger partial charge in [0.1, 0.15) is 0 Å². The Kier molecular flexibility index (Phi) is 3.84. The average Bonchev–Trinajstić information content (AvgIpc) is 2.70. The number of carbonyl (C=O) groups excluding carboxylic acids is 1. The van der Waals surface area contributed by atoms with E-state index in [2.05, 4.69) is 22.4 Å². The molecule has 1 fully saturated rings. The highest BCUT2D eigenvalue weighted by Crippen LogP contribution is 2.45. The first kappa shape index (κ1) is 13.9.